The van der Waals surface area contributed by atoms with Crippen molar-refractivity contribution in [3.05, 3.63) is 42.2 Å². The van der Waals surface area contributed by atoms with Gasteiger partial charge in [0.2, 0.25) is 5.95 Å². The SMILES string of the molecule is Cc1cn(CC(C)(C)C)c(Nc2ccccc2)n1. The van der Waals surface area contributed by atoms with Crippen molar-refractivity contribution in [2.45, 2.75) is 34.2 Å². The second-order valence-corrected chi connectivity index (χ2v) is 5.89. The number of rotatable bonds is 3. The highest BCUT2D eigenvalue weighted by Crippen LogP contribution is 2.22. The standard InChI is InChI=1S/C15H21N3/c1-12-10-18(11-15(2,3)4)14(16-12)17-13-8-6-5-7-9-13/h5-10H,11H2,1-4H3,(H,16,17). The molecular formula is C15H21N3. The van der Waals surface area contributed by atoms with Crippen molar-refractivity contribution in [1.29, 1.82) is 0 Å². The molecule has 0 saturated heterocycles. The summed E-state index contributed by atoms with van der Waals surface area (Å²) >= 11 is 0. The van der Waals surface area contributed by atoms with Gasteiger partial charge in [0.05, 0.1) is 5.69 Å². The summed E-state index contributed by atoms with van der Waals surface area (Å²) in [5.41, 5.74) is 2.34. The van der Waals surface area contributed by atoms with Crippen molar-refractivity contribution in [2.75, 3.05) is 5.32 Å². The molecule has 1 aromatic carbocycles. The molecular weight excluding hydrogens is 222 g/mol. The lowest BCUT2D eigenvalue weighted by Gasteiger charge is -2.20. The summed E-state index contributed by atoms with van der Waals surface area (Å²) in [7, 11) is 0. The third kappa shape index (κ3) is 3.36. The van der Waals surface area contributed by atoms with Crippen LogP contribution in [0.2, 0.25) is 0 Å². The first-order chi connectivity index (χ1) is 8.44. The first kappa shape index (κ1) is 12.7. The Labute approximate surface area is 109 Å². The minimum atomic E-state index is 0.236. The van der Waals surface area contributed by atoms with E-state index in [2.05, 4.69) is 41.8 Å². The summed E-state index contributed by atoms with van der Waals surface area (Å²) < 4.78 is 2.18. The lowest BCUT2D eigenvalue weighted by molar-refractivity contribution is 0.346. The number of nitrogens with zero attached hydrogens (tertiary/aromatic N) is 2. The maximum atomic E-state index is 4.54. The largest absolute Gasteiger partial charge is 0.326 e. The van der Waals surface area contributed by atoms with Gasteiger partial charge in [0.1, 0.15) is 0 Å². The predicted octanol–water partition coefficient (Wildman–Crippen LogP) is 3.98. The zero-order valence-electron chi connectivity index (χ0n) is 11.6. The van der Waals surface area contributed by atoms with Gasteiger partial charge in [0.15, 0.2) is 0 Å². The normalized spacial score (nSPS) is 11.6. The number of para-hydroxylation sites is 1. The predicted molar refractivity (Wildman–Crippen MR) is 76.1 cm³/mol. The molecule has 0 atom stereocenters. The number of hydrogen-bond acceptors (Lipinski definition) is 2. The molecule has 1 heterocycles. The van der Waals surface area contributed by atoms with Crippen LogP contribution in [0.15, 0.2) is 36.5 Å². The minimum absolute atomic E-state index is 0.236. The topological polar surface area (TPSA) is 29.9 Å². The molecule has 0 unspecified atom stereocenters. The van der Waals surface area contributed by atoms with Gasteiger partial charge in [-0.15, -0.1) is 0 Å². The van der Waals surface area contributed by atoms with Gasteiger partial charge < -0.3 is 9.88 Å². The van der Waals surface area contributed by atoms with E-state index in [4.69, 9.17) is 0 Å². The molecule has 0 aliphatic carbocycles. The van der Waals surface area contributed by atoms with Crippen LogP contribution in [0.1, 0.15) is 26.5 Å². The molecule has 1 aromatic heterocycles. The Morgan fingerprint density at radius 3 is 2.44 bits per heavy atom. The van der Waals surface area contributed by atoms with Gasteiger partial charge >= 0.3 is 0 Å². The van der Waals surface area contributed by atoms with E-state index in [1.54, 1.807) is 0 Å². The van der Waals surface area contributed by atoms with Crippen LogP contribution in [0.25, 0.3) is 0 Å². The fraction of sp³-hybridized carbons (Fsp3) is 0.400. The molecule has 3 nitrogen and oxygen atoms in total. The fourth-order valence-corrected chi connectivity index (χ4v) is 1.93. The number of nitrogens with one attached hydrogen (secondary N) is 1. The molecule has 0 aliphatic rings. The average molecular weight is 243 g/mol. The molecule has 18 heavy (non-hydrogen) atoms. The molecule has 3 heteroatoms. The zero-order chi connectivity index (χ0) is 13.2. The van der Waals surface area contributed by atoms with E-state index in [9.17, 15) is 0 Å². The highest BCUT2D eigenvalue weighted by Gasteiger charge is 2.14. The third-order valence-electron chi connectivity index (χ3n) is 2.57. The van der Waals surface area contributed by atoms with Crippen molar-refractivity contribution >= 4 is 11.6 Å². The van der Waals surface area contributed by atoms with Crippen molar-refractivity contribution in [2.24, 2.45) is 5.41 Å². The Hall–Kier alpha value is -1.77. The van der Waals surface area contributed by atoms with Crippen LogP contribution >= 0.6 is 0 Å². The Bertz CT molecular complexity index is 506. The van der Waals surface area contributed by atoms with E-state index in [1.807, 2.05) is 37.3 Å². The molecule has 0 radical (unpaired) electrons. The van der Waals surface area contributed by atoms with Gasteiger partial charge in [-0.3, -0.25) is 0 Å². The number of aromatic nitrogens is 2. The highest BCUT2D eigenvalue weighted by atomic mass is 15.2. The van der Waals surface area contributed by atoms with E-state index in [0.29, 0.717) is 0 Å². The number of imidazole rings is 1. The molecule has 0 spiro atoms. The summed E-state index contributed by atoms with van der Waals surface area (Å²) in [6.45, 7) is 9.66. The molecule has 96 valence electrons. The molecule has 0 aliphatic heterocycles. The molecule has 0 amide bonds. The minimum Gasteiger partial charge on any atom is -0.326 e. The molecule has 2 rings (SSSR count). The number of hydrogen-bond donors (Lipinski definition) is 1. The maximum absolute atomic E-state index is 4.54. The zero-order valence-corrected chi connectivity index (χ0v) is 11.6. The molecule has 0 saturated carbocycles. The van der Waals surface area contributed by atoms with E-state index >= 15 is 0 Å². The van der Waals surface area contributed by atoms with Crippen molar-refractivity contribution in [3.8, 4) is 0 Å². The molecule has 2 aromatic rings. The lowest BCUT2D eigenvalue weighted by atomic mass is 9.97. The quantitative estimate of drug-likeness (QED) is 0.883. The Kier molecular flexibility index (Phi) is 3.41. The van der Waals surface area contributed by atoms with Crippen LogP contribution in [-0.4, -0.2) is 9.55 Å². The van der Waals surface area contributed by atoms with E-state index in [0.717, 1.165) is 23.9 Å². The van der Waals surface area contributed by atoms with Gasteiger partial charge in [-0.2, -0.15) is 0 Å². The van der Waals surface area contributed by atoms with E-state index in [-0.39, 0.29) is 5.41 Å². The van der Waals surface area contributed by atoms with Crippen LogP contribution in [-0.2, 0) is 6.54 Å². The van der Waals surface area contributed by atoms with Crippen LogP contribution in [0, 0.1) is 12.3 Å². The number of anilines is 2. The summed E-state index contributed by atoms with van der Waals surface area (Å²) in [6.07, 6.45) is 2.09. The van der Waals surface area contributed by atoms with Gasteiger partial charge in [0, 0.05) is 18.4 Å². The number of aryl methyl sites for hydroxylation is 1. The van der Waals surface area contributed by atoms with E-state index in [1.165, 1.54) is 0 Å². The first-order valence-electron chi connectivity index (χ1n) is 6.30. The van der Waals surface area contributed by atoms with Crippen molar-refractivity contribution < 1.29 is 0 Å². The fourth-order valence-electron chi connectivity index (χ4n) is 1.93. The summed E-state index contributed by atoms with van der Waals surface area (Å²) in [4.78, 5) is 4.54. The maximum Gasteiger partial charge on any atom is 0.207 e. The van der Waals surface area contributed by atoms with Crippen molar-refractivity contribution in [3.63, 3.8) is 0 Å². The highest BCUT2D eigenvalue weighted by molar-refractivity contribution is 5.53. The summed E-state index contributed by atoms with van der Waals surface area (Å²) in [6, 6.07) is 10.1. The van der Waals surface area contributed by atoms with Gasteiger partial charge in [-0.05, 0) is 24.5 Å². The van der Waals surface area contributed by atoms with Crippen LogP contribution < -0.4 is 5.32 Å². The second kappa shape index (κ2) is 4.84. The average Bonchev–Trinajstić information content (AvgIpc) is 2.57. The van der Waals surface area contributed by atoms with Crippen LogP contribution in [0.3, 0.4) is 0 Å². The molecule has 0 fully saturated rings. The third-order valence-corrected chi connectivity index (χ3v) is 2.57. The molecule has 1 N–H and O–H groups in total. The molecule has 0 bridgehead atoms. The Morgan fingerprint density at radius 2 is 1.83 bits per heavy atom. The number of benzene rings is 1. The Morgan fingerprint density at radius 1 is 1.17 bits per heavy atom. The van der Waals surface area contributed by atoms with Crippen LogP contribution in [0.5, 0.6) is 0 Å². The smallest absolute Gasteiger partial charge is 0.207 e. The van der Waals surface area contributed by atoms with Gasteiger partial charge in [0.25, 0.3) is 0 Å². The van der Waals surface area contributed by atoms with Crippen LogP contribution in [0.4, 0.5) is 11.6 Å². The lowest BCUT2D eigenvalue weighted by Crippen LogP contribution is -2.16. The second-order valence-electron chi connectivity index (χ2n) is 5.89. The Balaban J connectivity index is 2.23. The first-order valence-corrected chi connectivity index (χ1v) is 6.30. The van der Waals surface area contributed by atoms with Gasteiger partial charge in [-0.1, -0.05) is 39.0 Å². The van der Waals surface area contributed by atoms with Gasteiger partial charge in [-0.25, -0.2) is 4.98 Å². The van der Waals surface area contributed by atoms with Crippen molar-refractivity contribution in [1.82, 2.24) is 9.55 Å². The monoisotopic (exact) mass is 243 g/mol. The summed E-state index contributed by atoms with van der Waals surface area (Å²) in [5, 5.41) is 3.37. The van der Waals surface area contributed by atoms with E-state index < -0.39 is 0 Å². The summed E-state index contributed by atoms with van der Waals surface area (Å²) in [5.74, 6) is 0.911.